The fraction of sp³-hybridized carbons (Fsp3) is 0.133. The van der Waals surface area contributed by atoms with E-state index in [0.29, 0.717) is 16.8 Å². The number of pyridine rings is 1. The molecule has 0 unspecified atom stereocenters. The molecule has 0 saturated carbocycles. The van der Waals surface area contributed by atoms with Gasteiger partial charge in [-0.25, -0.2) is 9.37 Å². The molecule has 0 bridgehead atoms. The lowest BCUT2D eigenvalue weighted by Crippen LogP contribution is -2.04. The van der Waals surface area contributed by atoms with E-state index in [1.165, 1.54) is 7.11 Å². The Hall–Kier alpha value is -2.40. The molecule has 20 heavy (non-hydrogen) atoms. The zero-order valence-electron chi connectivity index (χ0n) is 11.0. The summed E-state index contributed by atoms with van der Waals surface area (Å²) in [7, 11) is 1.43. The minimum Gasteiger partial charge on any atom is -0.494 e. The van der Waals surface area contributed by atoms with E-state index in [0.717, 1.165) is 5.65 Å². The summed E-state index contributed by atoms with van der Waals surface area (Å²) < 4.78 is 21.1. The fourth-order valence-corrected chi connectivity index (χ4v) is 2.26. The number of halogens is 1. The van der Waals surface area contributed by atoms with E-state index in [9.17, 15) is 4.39 Å². The van der Waals surface area contributed by atoms with Gasteiger partial charge in [0.05, 0.1) is 12.8 Å². The molecule has 0 fully saturated rings. The summed E-state index contributed by atoms with van der Waals surface area (Å²) in [6, 6.07) is 9.09. The van der Waals surface area contributed by atoms with Crippen molar-refractivity contribution < 1.29 is 9.13 Å². The molecule has 3 aromatic rings. The van der Waals surface area contributed by atoms with Crippen LogP contribution in [0, 0.1) is 5.82 Å². The Bertz CT molecular complexity index is 734. The van der Waals surface area contributed by atoms with Crippen LogP contribution in [0.4, 0.5) is 4.39 Å². The van der Waals surface area contributed by atoms with Gasteiger partial charge in [0.25, 0.3) is 0 Å². The summed E-state index contributed by atoms with van der Waals surface area (Å²) in [5, 5.41) is 0. The number of hydrogen-bond donors (Lipinski definition) is 1. The van der Waals surface area contributed by atoms with Crippen molar-refractivity contribution in [3.63, 3.8) is 0 Å². The van der Waals surface area contributed by atoms with Gasteiger partial charge in [-0.15, -0.1) is 0 Å². The van der Waals surface area contributed by atoms with E-state index in [4.69, 9.17) is 10.5 Å². The minimum absolute atomic E-state index is 0.0895. The van der Waals surface area contributed by atoms with Gasteiger partial charge in [-0.3, -0.25) is 0 Å². The molecule has 1 aromatic carbocycles. The average molecular weight is 271 g/mol. The topological polar surface area (TPSA) is 52.5 Å². The second kappa shape index (κ2) is 4.94. The average Bonchev–Trinajstić information content (AvgIpc) is 2.90. The monoisotopic (exact) mass is 271 g/mol. The van der Waals surface area contributed by atoms with Crippen LogP contribution in [0.15, 0.2) is 42.7 Å². The molecule has 0 saturated heterocycles. The van der Waals surface area contributed by atoms with Gasteiger partial charge in [0.2, 0.25) is 0 Å². The Morgan fingerprint density at radius 3 is 2.85 bits per heavy atom. The molecule has 0 aliphatic heterocycles. The number of rotatable bonds is 3. The first-order chi connectivity index (χ1) is 9.74. The molecule has 0 aliphatic carbocycles. The maximum atomic E-state index is 14.2. The lowest BCUT2D eigenvalue weighted by Gasteiger charge is -2.10. The van der Waals surface area contributed by atoms with Crippen molar-refractivity contribution in [1.82, 2.24) is 9.38 Å². The first-order valence-corrected chi connectivity index (χ1v) is 6.24. The smallest absolute Gasteiger partial charge is 0.170 e. The quantitative estimate of drug-likeness (QED) is 0.796. The number of imidazole rings is 1. The molecule has 4 nitrogen and oxygen atoms in total. The van der Waals surface area contributed by atoms with E-state index >= 15 is 0 Å². The molecule has 2 heterocycles. The van der Waals surface area contributed by atoms with Crippen molar-refractivity contribution in [2.24, 2.45) is 5.73 Å². The van der Waals surface area contributed by atoms with Gasteiger partial charge in [-0.1, -0.05) is 6.07 Å². The van der Waals surface area contributed by atoms with Crippen molar-refractivity contribution in [1.29, 1.82) is 0 Å². The molecule has 0 aliphatic rings. The van der Waals surface area contributed by atoms with E-state index in [2.05, 4.69) is 4.98 Å². The summed E-state index contributed by atoms with van der Waals surface area (Å²) in [6.45, 7) is 0.0895. The number of aromatic nitrogens is 2. The molecule has 0 atom stereocenters. The Morgan fingerprint density at radius 2 is 2.15 bits per heavy atom. The van der Waals surface area contributed by atoms with Crippen LogP contribution in [0.1, 0.15) is 5.56 Å². The van der Waals surface area contributed by atoms with Gasteiger partial charge in [0.1, 0.15) is 5.65 Å². The predicted octanol–water partition coefficient (Wildman–Crippen LogP) is 2.61. The number of methoxy groups -OCH3 is 1. The lowest BCUT2D eigenvalue weighted by atomic mass is 10.0. The van der Waals surface area contributed by atoms with Crippen LogP contribution < -0.4 is 10.5 Å². The van der Waals surface area contributed by atoms with E-state index in [-0.39, 0.29) is 12.3 Å². The third-order valence-corrected chi connectivity index (χ3v) is 3.27. The first-order valence-electron chi connectivity index (χ1n) is 6.24. The highest BCUT2D eigenvalue weighted by Gasteiger charge is 2.16. The van der Waals surface area contributed by atoms with Crippen LogP contribution in [0.3, 0.4) is 0 Å². The molecule has 5 heteroatoms. The molecule has 0 radical (unpaired) electrons. The number of ether oxygens (including phenoxy) is 1. The maximum Gasteiger partial charge on any atom is 0.170 e. The molecule has 102 valence electrons. The number of nitrogens with two attached hydrogens (primary N) is 1. The predicted molar refractivity (Wildman–Crippen MR) is 75.0 cm³/mol. The van der Waals surface area contributed by atoms with Crippen molar-refractivity contribution in [3.05, 3.63) is 54.1 Å². The van der Waals surface area contributed by atoms with Crippen molar-refractivity contribution in [2.75, 3.05) is 7.11 Å². The normalized spacial score (nSPS) is 10.9. The lowest BCUT2D eigenvalue weighted by molar-refractivity contribution is 0.384. The maximum absolute atomic E-state index is 14.2. The highest BCUT2D eigenvalue weighted by Crippen LogP contribution is 2.30. The van der Waals surface area contributed by atoms with Gasteiger partial charge >= 0.3 is 0 Å². The largest absolute Gasteiger partial charge is 0.494 e. The van der Waals surface area contributed by atoms with Crippen LogP contribution in [-0.4, -0.2) is 16.5 Å². The van der Waals surface area contributed by atoms with Crippen molar-refractivity contribution >= 4 is 5.65 Å². The zero-order valence-corrected chi connectivity index (χ0v) is 11.0. The Labute approximate surface area is 115 Å². The van der Waals surface area contributed by atoms with Gasteiger partial charge in [0, 0.05) is 30.1 Å². The van der Waals surface area contributed by atoms with Gasteiger partial charge in [-0.2, -0.15) is 0 Å². The van der Waals surface area contributed by atoms with Crippen LogP contribution in [-0.2, 0) is 6.54 Å². The molecular formula is C15H14FN3O. The molecule has 0 amide bonds. The number of fused-ring (bicyclic) bond motifs is 1. The Morgan fingerprint density at radius 1 is 1.30 bits per heavy atom. The third-order valence-electron chi connectivity index (χ3n) is 3.27. The van der Waals surface area contributed by atoms with E-state index < -0.39 is 5.82 Å². The minimum atomic E-state index is -0.426. The number of hydrogen-bond acceptors (Lipinski definition) is 3. The first kappa shape index (κ1) is 12.6. The second-order valence-corrected chi connectivity index (χ2v) is 4.40. The van der Waals surface area contributed by atoms with Gasteiger partial charge in [-0.05, 0) is 24.3 Å². The van der Waals surface area contributed by atoms with Crippen LogP contribution in [0.25, 0.3) is 16.9 Å². The molecule has 2 N–H and O–H groups in total. The second-order valence-electron chi connectivity index (χ2n) is 4.40. The standard InChI is InChI=1S/C15H14FN3O/c1-20-13-6-5-10(11(8-17)15(13)16)12-9-19-7-3-2-4-14(19)18-12/h2-7,9H,8,17H2,1H3. The molecule has 3 rings (SSSR count). The highest BCUT2D eigenvalue weighted by atomic mass is 19.1. The molecular weight excluding hydrogens is 257 g/mol. The van der Waals surface area contributed by atoms with E-state index in [1.807, 2.05) is 35.0 Å². The summed E-state index contributed by atoms with van der Waals surface area (Å²) in [6.07, 6.45) is 3.75. The van der Waals surface area contributed by atoms with Gasteiger partial charge < -0.3 is 14.9 Å². The third kappa shape index (κ3) is 1.92. The molecule has 2 aromatic heterocycles. The number of nitrogens with zero attached hydrogens (tertiary/aromatic N) is 2. The van der Waals surface area contributed by atoms with Crippen molar-refractivity contribution in [2.45, 2.75) is 6.54 Å². The SMILES string of the molecule is COc1ccc(-c2cn3ccccc3n2)c(CN)c1F. The summed E-state index contributed by atoms with van der Waals surface area (Å²) in [5.74, 6) is -0.234. The van der Waals surface area contributed by atoms with E-state index in [1.54, 1.807) is 12.1 Å². The zero-order chi connectivity index (χ0) is 14.1. The highest BCUT2D eigenvalue weighted by molar-refractivity contribution is 5.67. The summed E-state index contributed by atoms with van der Waals surface area (Å²) in [4.78, 5) is 4.49. The van der Waals surface area contributed by atoms with Gasteiger partial charge in [0.15, 0.2) is 11.6 Å². The van der Waals surface area contributed by atoms with Crippen molar-refractivity contribution in [3.8, 4) is 17.0 Å². The van der Waals surface area contributed by atoms with Crippen LogP contribution in [0.5, 0.6) is 5.75 Å². The number of benzene rings is 1. The summed E-state index contributed by atoms with van der Waals surface area (Å²) in [5.41, 5.74) is 8.28. The summed E-state index contributed by atoms with van der Waals surface area (Å²) >= 11 is 0. The fourth-order valence-electron chi connectivity index (χ4n) is 2.26. The van der Waals surface area contributed by atoms with Crippen LogP contribution >= 0.6 is 0 Å². The Balaban J connectivity index is 2.20. The Kier molecular flexibility index (Phi) is 3.12. The molecule has 0 spiro atoms. The van der Waals surface area contributed by atoms with Crippen LogP contribution in [0.2, 0.25) is 0 Å².